The first kappa shape index (κ1) is 14.7. The second-order valence-corrected chi connectivity index (χ2v) is 4.94. The van der Waals surface area contributed by atoms with Crippen molar-refractivity contribution < 1.29 is 9.72 Å². The molecule has 0 radical (unpaired) electrons. The Hall–Kier alpha value is -2.70. The van der Waals surface area contributed by atoms with Gasteiger partial charge in [0.1, 0.15) is 5.69 Å². The second kappa shape index (κ2) is 5.35. The van der Waals surface area contributed by atoms with Crippen molar-refractivity contribution in [2.24, 2.45) is 7.05 Å². The first-order valence-corrected chi connectivity index (χ1v) is 6.38. The van der Waals surface area contributed by atoms with Crippen LogP contribution in [0.25, 0.3) is 0 Å². The number of nitrogens with one attached hydrogen (secondary N) is 1. The van der Waals surface area contributed by atoms with Gasteiger partial charge in [0.15, 0.2) is 0 Å². The van der Waals surface area contributed by atoms with Gasteiger partial charge in [-0.1, -0.05) is 12.1 Å². The molecule has 1 N–H and O–H groups in total. The van der Waals surface area contributed by atoms with Gasteiger partial charge in [0.2, 0.25) is 5.69 Å². The molecule has 7 heteroatoms. The van der Waals surface area contributed by atoms with Crippen molar-refractivity contribution in [3.63, 3.8) is 0 Å². The molecule has 0 spiro atoms. The van der Waals surface area contributed by atoms with E-state index >= 15 is 0 Å². The fourth-order valence-corrected chi connectivity index (χ4v) is 2.02. The zero-order valence-electron chi connectivity index (χ0n) is 12.3. The Balaban J connectivity index is 2.39. The van der Waals surface area contributed by atoms with E-state index in [0.29, 0.717) is 11.4 Å². The molecule has 0 unspecified atom stereocenters. The molecule has 0 aliphatic heterocycles. The molecule has 0 atom stereocenters. The molecule has 2 aromatic rings. The van der Waals surface area contributed by atoms with Gasteiger partial charge in [0.25, 0.3) is 5.91 Å². The Morgan fingerprint density at radius 1 is 1.33 bits per heavy atom. The summed E-state index contributed by atoms with van der Waals surface area (Å²) >= 11 is 0. The van der Waals surface area contributed by atoms with Crippen LogP contribution < -0.4 is 5.32 Å². The molecule has 1 aromatic heterocycles. The molecule has 1 aromatic carbocycles. The number of hydrogen-bond donors (Lipinski definition) is 1. The molecule has 110 valence electrons. The van der Waals surface area contributed by atoms with Crippen molar-refractivity contribution >= 4 is 17.3 Å². The van der Waals surface area contributed by atoms with Gasteiger partial charge in [-0.3, -0.25) is 19.6 Å². The number of carbonyl (C=O) groups excluding carboxylic acids is 1. The lowest BCUT2D eigenvalue weighted by Crippen LogP contribution is -2.15. The summed E-state index contributed by atoms with van der Waals surface area (Å²) in [4.78, 5) is 22.8. The minimum Gasteiger partial charge on any atom is -0.320 e. The van der Waals surface area contributed by atoms with E-state index in [1.54, 1.807) is 14.0 Å². The van der Waals surface area contributed by atoms with Crippen LogP contribution in [0, 0.1) is 30.9 Å². The molecule has 0 aliphatic carbocycles. The van der Waals surface area contributed by atoms with Crippen LogP contribution in [-0.2, 0) is 7.05 Å². The number of nitro groups is 1. The lowest BCUT2D eigenvalue weighted by Gasteiger charge is -2.07. The van der Waals surface area contributed by atoms with Crippen molar-refractivity contribution in [3.8, 4) is 0 Å². The Morgan fingerprint density at radius 2 is 2.00 bits per heavy atom. The molecule has 0 aliphatic rings. The van der Waals surface area contributed by atoms with Crippen LogP contribution in [0.2, 0.25) is 0 Å². The van der Waals surface area contributed by atoms with E-state index in [0.717, 1.165) is 11.1 Å². The van der Waals surface area contributed by atoms with Crippen LogP contribution in [-0.4, -0.2) is 20.6 Å². The van der Waals surface area contributed by atoms with Crippen LogP contribution in [0.5, 0.6) is 0 Å². The van der Waals surface area contributed by atoms with Crippen LogP contribution in [0.4, 0.5) is 11.4 Å². The smallest absolute Gasteiger partial charge is 0.320 e. The second-order valence-electron chi connectivity index (χ2n) is 4.94. The Kier molecular flexibility index (Phi) is 3.75. The first-order chi connectivity index (χ1) is 9.81. The van der Waals surface area contributed by atoms with Gasteiger partial charge in [-0.25, -0.2) is 0 Å². The summed E-state index contributed by atoms with van der Waals surface area (Å²) < 4.78 is 1.33. The van der Waals surface area contributed by atoms with Crippen LogP contribution in [0.3, 0.4) is 0 Å². The number of hydrogen-bond acceptors (Lipinski definition) is 4. The summed E-state index contributed by atoms with van der Waals surface area (Å²) in [6.45, 7) is 5.31. The lowest BCUT2D eigenvalue weighted by molar-refractivity contribution is -0.385. The SMILES string of the molecule is Cc1ccc(C)c(NC(=O)c2nn(C)c(C)c2[N+](=O)[O-])c1. The van der Waals surface area contributed by atoms with Crippen molar-refractivity contribution in [2.75, 3.05) is 5.32 Å². The Bertz CT molecular complexity index is 734. The van der Waals surface area contributed by atoms with Crippen LogP contribution >= 0.6 is 0 Å². The molecular formula is C14H16N4O3. The fraction of sp³-hybridized carbons (Fsp3) is 0.286. The normalized spacial score (nSPS) is 10.5. The molecular weight excluding hydrogens is 272 g/mol. The third-order valence-electron chi connectivity index (χ3n) is 3.34. The number of nitrogens with zero attached hydrogens (tertiary/aromatic N) is 3. The molecule has 0 saturated carbocycles. The zero-order chi connectivity index (χ0) is 15.7. The molecule has 0 fully saturated rings. The van der Waals surface area contributed by atoms with Crippen LogP contribution in [0.15, 0.2) is 18.2 Å². The quantitative estimate of drug-likeness (QED) is 0.694. The average molecular weight is 288 g/mol. The lowest BCUT2D eigenvalue weighted by atomic mass is 10.1. The summed E-state index contributed by atoms with van der Waals surface area (Å²) in [5.41, 5.74) is 2.39. The molecule has 7 nitrogen and oxygen atoms in total. The van der Waals surface area contributed by atoms with E-state index in [-0.39, 0.29) is 11.4 Å². The van der Waals surface area contributed by atoms with Crippen molar-refractivity contribution in [1.29, 1.82) is 0 Å². The highest BCUT2D eigenvalue weighted by molar-refractivity contribution is 6.06. The number of aromatic nitrogens is 2. The molecule has 1 heterocycles. The first-order valence-electron chi connectivity index (χ1n) is 6.38. The maximum atomic E-state index is 12.3. The minimum atomic E-state index is -0.584. The maximum Gasteiger partial charge on any atom is 0.322 e. The fourth-order valence-electron chi connectivity index (χ4n) is 2.02. The van der Waals surface area contributed by atoms with E-state index in [9.17, 15) is 14.9 Å². The number of aryl methyl sites for hydroxylation is 3. The predicted molar refractivity (Wildman–Crippen MR) is 78.5 cm³/mol. The van der Waals surface area contributed by atoms with Gasteiger partial charge in [0.05, 0.1) is 4.92 Å². The average Bonchev–Trinajstić information content (AvgIpc) is 2.70. The predicted octanol–water partition coefficient (Wildman–Crippen LogP) is 2.51. The van der Waals surface area contributed by atoms with E-state index in [2.05, 4.69) is 10.4 Å². The zero-order valence-corrected chi connectivity index (χ0v) is 12.3. The summed E-state index contributed by atoms with van der Waals surface area (Å²) in [5.74, 6) is -0.584. The number of benzene rings is 1. The highest BCUT2D eigenvalue weighted by atomic mass is 16.6. The molecule has 21 heavy (non-hydrogen) atoms. The summed E-state index contributed by atoms with van der Waals surface area (Å²) in [6, 6.07) is 5.62. The van der Waals surface area contributed by atoms with Crippen molar-refractivity contribution in [2.45, 2.75) is 20.8 Å². The van der Waals surface area contributed by atoms with E-state index in [1.165, 1.54) is 4.68 Å². The van der Waals surface area contributed by atoms with Gasteiger partial charge >= 0.3 is 5.69 Å². The topological polar surface area (TPSA) is 90.1 Å². The Morgan fingerprint density at radius 3 is 2.62 bits per heavy atom. The third-order valence-corrected chi connectivity index (χ3v) is 3.34. The molecule has 0 saturated heterocycles. The van der Waals surface area contributed by atoms with Crippen molar-refractivity contribution in [3.05, 3.63) is 50.8 Å². The van der Waals surface area contributed by atoms with E-state index < -0.39 is 10.8 Å². The van der Waals surface area contributed by atoms with Crippen molar-refractivity contribution in [1.82, 2.24) is 9.78 Å². The number of amides is 1. The summed E-state index contributed by atoms with van der Waals surface area (Å²) in [6.07, 6.45) is 0. The number of anilines is 1. The molecule has 2 rings (SSSR count). The molecule has 0 bridgehead atoms. The van der Waals surface area contributed by atoms with Gasteiger partial charge in [-0.05, 0) is 38.0 Å². The van der Waals surface area contributed by atoms with Gasteiger partial charge in [0, 0.05) is 12.7 Å². The minimum absolute atomic E-state index is 0.180. The highest BCUT2D eigenvalue weighted by Gasteiger charge is 2.29. The summed E-state index contributed by atoms with van der Waals surface area (Å²) in [5, 5.41) is 17.7. The van der Waals surface area contributed by atoms with E-state index in [1.807, 2.05) is 32.0 Å². The van der Waals surface area contributed by atoms with Crippen LogP contribution in [0.1, 0.15) is 27.3 Å². The van der Waals surface area contributed by atoms with Gasteiger partial charge in [-0.2, -0.15) is 5.10 Å². The molecule has 1 amide bonds. The number of carbonyl (C=O) groups is 1. The monoisotopic (exact) mass is 288 g/mol. The highest BCUT2D eigenvalue weighted by Crippen LogP contribution is 2.24. The third kappa shape index (κ3) is 2.76. The largest absolute Gasteiger partial charge is 0.322 e. The van der Waals surface area contributed by atoms with Gasteiger partial charge in [-0.15, -0.1) is 0 Å². The summed E-state index contributed by atoms with van der Waals surface area (Å²) in [7, 11) is 1.57. The number of rotatable bonds is 3. The standard InChI is InChI=1S/C14H16N4O3/c1-8-5-6-9(2)11(7-8)15-14(19)12-13(18(20)21)10(3)17(4)16-12/h5-7H,1-4H3,(H,15,19). The van der Waals surface area contributed by atoms with E-state index in [4.69, 9.17) is 0 Å². The van der Waals surface area contributed by atoms with Gasteiger partial charge < -0.3 is 5.32 Å². The maximum absolute atomic E-state index is 12.3. The Labute approximate surface area is 121 Å².